The molecule has 0 unspecified atom stereocenters. The van der Waals surface area contributed by atoms with E-state index in [9.17, 15) is 22.4 Å². The molecule has 0 aliphatic heterocycles. The van der Waals surface area contributed by atoms with Crippen LogP contribution in [-0.4, -0.2) is 44.3 Å². The van der Waals surface area contributed by atoms with Gasteiger partial charge in [0, 0.05) is 19.5 Å². The summed E-state index contributed by atoms with van der Waals surface area (Å²) in [6.45, 7) is 3.40. The number of rotatable bonds is 12. The summed E-state index contributed by atoms with van der Waals surface area (Å²) < 4.78 is 42.7. The minimum atomic E-state index is -4.16. The lowest BCUT2D eigenvalue weighted by Gasteiger charge is -2.34. The number of carbonyl (C=O) groups is 2. The third-order valence-electron chi connectivity index (χ3n) is 6.79. The normalized spacial score (nSPS) is 11.9. The van der Waals surface area contributed by atoms with Crippen molar-refractivity contribution in [3.63, 3.8) is 0 Å². The van der Waals surface area contributed by atoms with Gasteiger partial charge in [0.2, 0.25) is 11.8 Å². The molecule has 218 valence electrons. The molecule has 7 nitrogen and oxygen atoms in total. The first-order valence-electron chi connectivity index (χ1n) is 13.7. The number of hydrogen-bond donors (Lipinski definition) is 1. The predicted octanol–water partition coefficient (Wildman–Crippen LogP) is 5.11. The van der Waals surface area contributed by atoms with Gasteiger partial charge in [0.25, 0.3) is 10.0 Å². The van der Waals surface area contributed by atoms with E-state index in [0.29, 0.717) is 17.8 Å². The van der Waals surface area contributed by atoms with Crippen molar-refractivity contribution < 1.29 is 22.4 Å². The van der Waals surface area contributed by atoms with Crippen LogP contribution in [0, 0.1) is 12.7 Å². The summed E-state index contributed by atoms with van der Waals surface area (Å²) in [5, 5.41) is 2.82. The Kier molecular flexibility index (Phi) is 10.1. The van der Waals surface area contributed by atoms with Gasteiger partial charge < -0.3 is 10.2 Å². The third-order valence-corrected chi connectivity index (χ3v) is 8.58. The van der Waals surface area contributed by atoms with Gasteiger partial charge >= 0.3 is 0 Å². The topological polar surface area (TPSA) is 86.8 Å². The van der Waals surface area contributed by atoms with Crippen molar-refractivity contribution in [3.05, 3.63) is 132 Å². The molecule has 0 radical (unpaired) electrons. The molecular weight excluding hydrogens is 553 g/mol. The highest BCUT2D eigenvalue weighted by atomic mass is 32.2. The zero-order valence-electron chi connectivity index (χ0n) is 23.6. The number of amides is 2. The Bertz CT molecular complexity index is 1600. The van der Waals surface area contributed by atoms with Crippen molar-refractivity contribution in [3.8, 4) is 0 Å². The molecule has 0 aliphatic carbocycles. The summed E-state index contributed by atoms with van der Waals surface area (Å²) in [7, 11) is -4.16. The molecule has 42 heavy (non-hydrogen) atoms. The van der Waals surface area contributed by atoms with Crippen molar-refractivity contribution in [1.29, 1.82) is 0 Å². The van der Waals surface area contributed by atoms with Crippen molar-refractivity contribution in [2.24, 2.45) is 0 Å². The molecule has 0 heterocycles. The van der Waals surface area contributed by atoms with Gasteiger partial charge in [-0.15, -0.1) is 0 Å². The van der Waals surface area contributed by atoms with Crippen LogP contribution in [0.2, 0.25) is 0 Å². The summed E-state index contributed by atoms with van der Waals surface area (Å²) in [5.41, 5.74) is 2.57. The lowest BCUT2D eigenvalue weighted by molar-refractivity contribution is -0.140. The van der Waals surface area contributed by atoms with Crippen LogP contribution in [0.5, 0.6) is 0 Å². The van der Waals surface area contributed by atoms with Gasteiger partial charge in [0.15, 0.2) is 0 Å². The maximum atomic E-state index is 14.3. The number of anilines is 1. The van der Waals surface area contributed by atoms with Crippen molar-refractivity contribution in [1.82, 2.24) is 10.2 Å². The summed E-state index contributed by atoms with van der Waals surface area (Å²) in [6.07, 6.45) is 0.204. The van der Waals surface area contributed by atoms with Crippen LogP contribution in [-0.2, 0) is 32.6 Å². The second-order valence-corrected chi connectivity index (χ2v) is 11.8. The van der Waals surface area contributed by atoms with Gasteiger partial charge in [0.1, 0.15) is 18.4 Å². The van der Waals surface area contributed by atoms with E-state index in [-0.39, 0.29) is 23.8 Å². The SMILES string of the molecule is CCNC(=O)[C@@H](Cc1ccccc1)N(Cc1ccc(F)cc1)C(=O)CN(c1cccc(C)c1)S(=O)(=O)c1ccccc1. The molecule has 9 heteroatoms. The molecule has 0 fully saturated rings. The number of hydrogen-bond acceptors (Lipinski definition) is 4. The maximum absolute atomic E-state index is 14.3. The molecule has 0 aliphatic rings. The molecule has 4 aromatic rings. The van der Waals surface area contributed by atoms with Crippen LogP contribution in [0.25, 0.3) is 0 Å². The fraction of sp³-hybridized carbons (Fsp3) is 0.212. The molecular formula is C33H34FN3O4S. The van der Waals surface area contributed by atoms with Gasteiger partial charge in [-0.25, -0.2) is 12.8 Å². The van der Waals surface area contributed by atoms with Crippen LogP contribution >= 0.6 is 0 Å². The molecule has 0 saturated heterocycles. The van der Waals surface area contributed by atoms with Gasteiger partial charge in [-0.3, -0.25) is 13.9 Å². The predicted molar refractivity (Wildman–Crippen MR) is 162 cm³/mol. The molecule has 0 bridgehead atoms. The van der Waals surface area contributed by atoms with E-state index in [1.54, 1.807) is 55.5 Å². The largest absolute Gasteiger partial charge is 0.355 e. The second kappa shape index (κ2) is 13.9. The molecule has 2 amide bonds. The smallest absolute Gasteiger partial charge is 0.264 e. The number of likely N-dealkylation sites (N-methyl/N-ethyl adjacent to an activating group) is 1. The van der Waals surface area contributed by atoms with Crippen LogP contribution in [0.15, 0.2) is 114 Å². The fourth-order valence-corrected chi connectivity index (χ4v) is 6.09. The number of sulfonamides is 1. The van der Waals surface area contributed by atoms with E-state index >= 15 is 0 Å². The van der Waals surface area contributed by atoms with E-state index in [2.05, 4.69) is 5.32 Å². The second-order valence-electron chi connectivity index (χ2n) is 9.91. The van der Waals surface area contributed by atoms with E-state index in [4.69, 9.17) is 0 Å². The maximum Gasteiger partial charge on any atom is 0.264 e. The Morgan fingerprint density at radius 3 is 2.10 bits per heavy atom. The Morgan fingerprint density at radius 2 is 1.48 bits per heavy atom. The summed E-state index contributed by atoms with van der Waals surface area (Å²) in [6, 6.07) is 28.8. The van der Waals surface area contributed by atoms with E-state index < -0.39 is 34.3 Å². The number of aryl methyl sites for hydroxylation is 1. The quantitative estimate of drug-likeness (QED) is 0.250. The first-order valence-corrected chi connectivity index (χ1v) is 15.1. The highest BCUT2D eigenvalue weighted by Gasteiger charge is 2.34. The highest BCUT2D eigenvalue weighted by Crippen LogP contribution is 2.26. The van der Waals surface area contributed by atoms with Crippen molar-refractivity contribution >= 4 is 27.5 Å². The summed E-state index contributed by atoms with van der Waals surface area (Å²) in [4.78, 5) is 29.1. The number of benzene rings is 4. The van der Waals surface area contributed by atoms with Crippen molar-refractivity contribution in [2.75, 3.05) is 17.4 Å². The molecule has 1 N–H and O–H groups in total. The number of nitrogens with zero attached hydrogens (tertiary/aromatic N) is 2. The zero-order chi connectivity index (χ0) is 30.1. The Morgan fingerprint density at radius 1 is 0.833 bits per heavy atom. The average Bonchev–Trinajstić information content (AvgIpc) is 2.99. The molecule has 0 saturated carbocycles. The molecule has 0 spiro atoms. The van der Waals surface area contributed by atoms with Gasteiger partial charge in [0.05, 0.1) is 10.6 Å². The minimum Gasteiger partial charge on any atom is -0.355 e. The van der Waals surface area contributed by atoms with Crippen LogP contribution in [0.4, 0.5) is 10.1 Å². The number of halogens is 1. The number of carbonyl (C=O) groups excluding carboxylic acids is 2. The van der Waals surface area contributed by atoms with Crippen LogP contribution in [0.3, 0.4) is 0 Å². The monoisotopic (exact) mass is 587 g/mol. The molecule has 1 atom stereocenters. The van der Waals surface area contributed by atoms with Crippen molar-refractivity contribution in [2.45, 2.75) is 37.8 Å². The molecule has 0 aromatic heterocycles. The molecule has 4 aromatic carbocycles. The lowest BCUT2D eigenvalue weighted by atomic mass is 10.0. The highest BCUT2D eigenvalue weighted by molar-refractivity contribution is 7.92. The van der Waals surface area contributed by atoms with E-state index in [0.717, 1.165) is 15.4 Å². The minimum absolute atomic E-state index is 0.0270. The van der Waals surface area contributed by atoms with E-state index in [1.165, 1.54) is 29.2 Å². The lowest BCUT2D eigenvalue weighted by Crippen LogP contribution is -2.53. The summed E-state index contributed by atoms with van der Waals surface area (Å²) in [5.74, 6) is -1.38. The van der Waals surface area contributed by atoms with Gasteiger partial charge in [-0.05, 0) is 66.9 Å². The first-order chi connectivity index (χ1) is 20.2. The Hall–Kier alpha value is -4.50. The first kappa shape index (κ1) is 30.5. The fourth-order valence-electron chi connectivity index (χ4n) is 4.66. The zero-order valence-corrected chi connectivity index (χ0v) is 24.4. The summed E-state index contributed by atoms with van der Waals surface area (Å²) >= 11 is 0. The molecule has 4 rings (SSSR count). The van der Waals surface area contributed by atoms with Crippen LogP contribution < -0.4 is 9.62 Å². The standard InChI is InChI=1S/C33H34FN3O4S/c1-3-35-33(39)31(22-26-12-6-4-7-13-26)36(23-27-17-19-28(34)20-18-27)32(38)24-37(29-14-10-11-25(2)21-29)42(40,41)30-15-8-5-9-16-30/h4-21,31H,3,22-24H2,1-2H3,(H,35,39)/t31-/m1/s1. The Balaban J connectivity index is 1.78. The third kappa shape index (κ3) is 7.61. The van der Waals surface area contributed by atoms with Gasteiger partial charge in [-0.2, -0.15) is 0 Å². The number of nitrogens with one attached hydrogen (secondary N) is 1. The van der Waals surface area contributed by atoms with Crippen LogP contribution in [0.1, 0.15) is 23.6 Å². The average molecular weight is 588 g/mol. The van der Waals surface area contributed by atoms with E-state index in [1.807, 2.05) is 43.3 Å². The Labute approximate surface area is 246 Å². The van der Waals surface area contributed by atoms with Gasteiger partial charge in [-0.1, -0.05) is 72.8 Å².